The van der Waals surface area contributed by atoms with Gasteiger partial charge in [-0.25, -0.2) is 4.39 Å². The van der Waals surface area contributed by atoms with E-state index in [9.17, 15) is 9.18 Å². The molecule has 2 aromatic rings. The molecule has 0 fully saturated rings. The molecule has 0 aliphatic heterocycles. The van der Waals surface area contributed by atoms with E-state index in [1.54, 1.807) is 18.2 Å². The van der Waals surface area contributed by atoms with Crippen LogP contribution in [0.5, 0.6) is 5.75 Å². The topological polar surface area (TPSA) is 26.3 Å². The molecule has 0 aliphatic carbocycles. The van der Waals surface area contributed by atoms with Gasteiger partial charge in [-0.1, -0.05) is 0 Å². The van der Waals surface area contributed by atoms with Crippen molar-refractivity contribution in [2.45, 2.75) is 6.92 Å². The van der Waals surface area contributed by atoms with Crippen LogP contribution in [0.1, 0.15) is 16.6 Å². The SMILES string of the molecule is COc1ccc(F)cc1-c1ccc(C(C)=O)s1. The Morgan fingerprint density at radius 3 is 2.65 bits per heavy atom. The normalized spacial score (nSPS) is 10.3. The zero-order chi connectivity index (χ0) is 12.4. The number of carbonyl (C=O) groups is 1. The quantitative estimate of drug-likeness (QED) is 0.775. The van der Waals surface area contributed by atoms with Gasteiger partial charge in [0.2, 0.25) is 0 Å². The summed E-state index contributed by atoms with van der Waals surface area (Å²) in [6, 6.07) is 7.89. The van der Waals surface area contributed by atoms with Crippen molar-refractivity contribution in [1.29, 1.82) is 0 Å². The number of benzene rings is 1. The van der Waals surface area contributed by atoms with E-state index in [0.717, 1.165) is 4.88 Å². The highest BCUT2D eigenvalue weighted by molar-refractivity contribution is 7.17. The first-order valence-electron chi connectivity index (χ1n) is 5.06. The summed E-state index contributed by atoms with van der Waals surface area (Å²) in [6.07, 6.45) is 0. The third-order valence-corrected chi connectivity index (χ3v) is 3.60. The Morgan fingerprint density at radius 2 is 2.06 bits per heavy atom. The molecule has 2 rings (SSSR count). The van der Waals surface area contributed by atoms with Gasteiger partial charge in [0, 0.05) is 10.4 Å². The lowest BCUT2D eigenvalue weighted by Gasteiger charge is -2.06. The fourth-order valence-corrected chi connectivity index (χ4v) is 2.47. The van der Waals surface area contributed by atoms with Crippen molar-refractivity contribution in [2.75, 3.05) is 7.11 Å². The summed E-state index contributed by atoms with van der Waals surface area (Å²) in [5.41, 5.74) is 0.671. The molecular formula is C13H11FO2S. The lowest BCUT2D eigenvalue weighted by molar-refractivity contribution is 0.102. The zero-order valence-electron chi connectivity index (χ0n) is 9.49. The third kappa shape index (κ3) is 2.36. The summed E-state index contributed by atoms with van der Waals surface area (Å²) in [6.45, 7) is 1.51. The molecule has 88 valence electrons. The summed E-state index contributed by atoms with van der Waals surface area (Å²) in [4.78, 5) is 12.7. The molecule has 0 atom stereocenters. The first kappa shape index (κ1) is 11.8. The second kappa shape index (κ2) is 4.67. The number of carbonyl (C=O) groups excluding carboxylic acids is 1. The van der Waals surface area contributed by atoms with Gasteiger partial charge in [0.1, 0.15) is 11.6 Å². The first-order valence-corrected chi connectivity index (χ1v) is 5.88. The van der Waals surface area contributed by atoms with Crippen molar-refractivity contribution in [3.63, 3.8) is 0 Å². The van der Waals surface area contributed by atoms with Crippen LogP contribution in [-0.2, 0) is 0 Å². The summed E-state index contributed by atoms with van der Waals surface area (Å²) in [5.74, 6) is 0.290. The van der Waals surface area contributed by atoms with Gasteiger partial charge in [0.15, 0.2) is 5.78 Å². The number of rotatable bonds is 3. The van der Waals surface area contributed by atoms with Crippen LogP contribution in [0.25, 0.3) is 10.4 Å². The van der Waals surface area contributed by atoms with Gasteiger partial charge < -0.3 is 4.74 Å². The predicted molar refractivity (Wildman–Crippen MR) is 66.3 cm³/mol. The van der Waals surface area contributed by atoms with E-state index in [1.807, 2.05) is 0 Å². The van der Waals surface area contributed by atoms with E-state index in [-0.39, 0.29) is 11.6 Å². The number of ketones is 1. The molecule has 17 heavy (non-hydrogen) atoms. The molecular weight excluding hydrogens is 239 g/mol. The summed E-state index contributed by atoms with van der Waals surface area (Å²) in [7, 11) is 1.54. The Kier molecular flexibility index (Phi) is 3.24. The largest absolute Gasteiger partial charge is 0.496 e. The van der Waals surface area contributed by atoms with Crippen LogP contribution in [0, 0.1) is 5.82 Å². The number of hydrogen-bond donors (Lipinski definition) is 0. The predicted octanol–water partition coefficient (Wildman–Crippen LogP) is 3.77. The average molecular weight is 250 g/mol. The maximum Gasteiger partial charge on any atom is 0.169 e. The second-order valence-corrected chi connectivity index (χ2v) is 4.65. The molecule has 0 aliphatic rings. The second-order valence-electron chi connectivity index (χ2n) is 3.56. The van der Waals surface area contributed by atoms with Gasteiger partial charge in [-0.05, 0) is 37.3 Å². The van der Waals surface area contributed by atoms with Crippen LogP contribution in [0.15, 0.2) is 30.3 Å². The van der Waals surface area contributed by atoms with Crippen LogP contribution in [0.4, 0.5) is 4.39 Å². The molecule has 1 aromatic heterocycles. The molecule has 0 unspecified atom stereocenters. The highest BCUT2D eigenvalue weighted by Gasteiger charge is 2.11. The van der Waals surface area contributed by atoms with Gasteiger partial charge >= 0.3 is 0 Å². The van der Waals surface area contributed by atoms with Gasteiger partial charge in [0.25, 0.3) is 0 Å². The van der Waals surface area contributed by atoms with Gasteiger partial charge in [0.05, 0.1) is 12.0 Å². The lowest BCUT2D eigenvalue weighted by Crippen LogP contribution is -1.87. The Bertz CT molecular complexity index is 560. The van der Waals surface area contributed by atoms with Crippen molar-refractivity contribution in [3.8, 4) is 16.2 Å². The van der Waals surface area contributed by atoms with Crippen molar-refractivity contribution >= 4 is 17.1 Å². The maximum atomic E-state index is 13.2. The number of thiophene rings is 1. The number of halogens is 1. The van der Waals surface area contributed by atoms with Crippen LogP contribution >= 0.6 is 11.3 Å². The molecule has 2 nitrogen and oxygen atoms in total. The molecule has 0 N–H and O–H groups in total. The van der Waals surface area contributed by atoms with E-state index in [2.05, 4.69) is 0 Å². The van der Waals surface area contributed by atoms with Crippen LogP contribution in [0.2, 0.25) is 0 Å². The highest BCUT2D eigenvalue weighted by Crippen LogP contribution is 2.35. The minimum atomic E-state index is -0.321. The van der Waals surface area contributed by atoms with Gasteiger partial charge in [-0.15, -0.1) is 11.3 Å². The van der Waals surface area contributed by atoms with E-state index >= 15 is 0 Å². The minimum Gasteiger partial charge on any atom is -0.496 e. The van der Waals surface area contributed by atoms with Crippen LogP contribution in [0.3, 0.4) is 0 Å². The van der Waals surface area contributed by atoms with Crippen molar-refractivity contribution < 1.29 is 13.9 Å². The Morgan fingerprint density at radius 1 is 1.29 bits per heavy atom. The monoisotopic (exact) mass is 250 g/mol. The Labute approximate surface area is 103 Å². The smallest absolute Gasteiger partial charge is 0.169 e. The van der Waals surface area contributed by atoms with Crippen molar-refractivity contribution in [2.24, 2.45) is 0 Å². The Hall–Kier alpha value is -1.68. The van der Waals surface area contributed by atoms with Crippen LogP contribution in [-0.4, -0.2) is 12.9 Å². The third-order valence-electron chi connectivity index (χ3n) is 2.38. The zero-order valence-corrected chi connectivity index (χ0v) is 10.3. The fraction of sp³-hybridized carbons (Fsp3) is 0.154. The molecule has 0 radical (unpaired) electrons. The number of methoxy groups -OCH3 is 1. The molecule has 1 aromatic carbocycles. The average Bonchev–Trinajstić information content (AvgIpc) is 2.78. The molecule has 0 amide bonds. The summed E-state index contributed by atoms with van der Waals surface area (Å²) < 4.78 is 18.4. The summed E-state index contributed by atoms with van der Waals surface area (Å²) in [5, 5.41) is 0. The maximum absolute atomic E-state index is 13.2. The Balaban J connectivity index is 2.51. The van der Waals surface area contributed by atoms with E-state index < -0.39 is 0 Å². The first-order chi connectivity index (χ1) is 8.11. The molecule has 0 saturated heterocycles. The molecule has 4 heteroatoms. The number of Topliss-reactive ketones (excluding diaryl/α,β-unsaturated/α-hetero) is 1. The van der Waals surface area contributed by atoms with Gasteiger partial charge in [-0.2, -0.15) is 0 Å². The highest BCUT2D eigenvalue weighted by atomic mass is 32.1. The van der Waals surface area contributed by atoms with E-state index in [1.165, 1.54) is 37.5 Å². The van der Waals surface area contributed by atoms with Gasteiger partial charge in [-0.3, -0.25) is 4.79 Å². The number of hydrogen-bond acceptors (Lipinski definition) is 3. The molecule has 0 saturated carbocycles. The fourth-order valence-electron chi connectivity index (χ4n) is 1.54. The van der Waals surface area contributed by atoms with Crippen molar-refractivity contribution in [1.82, 2.24) is 0 Å². The molecule has 0 spiro atoms. The minimum absolute atomic E-state index is 0.0108. The lowest BCUT2D eigenvalue weighted by atomic mass is 10.1. The molecule has 1 heterocycles. The summed E-state index contributed by atoms with van der Waals surface area (Å²) >= 11 is 1.34. The van der Waals surface area contributed by atoms with E-state index in [4.69, 9.17) is 4.74 Å². The standard InChI is InChI=1S/C13H11FO2S/c1-8(15)12-5-6-13(17-12)10-7-9(14)3-4-11(10)16-2/h3-7H,1-2H3. The molecule has 0 bridgehead atoms. The number of ether oxygens (including phenoxy) is 1. The van der Waals surface area contributed by atoms with E-state index in [0.29, 0.717) is 16.2 Å². The van der Waals surface area contributed by atoms with Crippen molar-refractivity contribution in [3.05, 3.63) is 41.0 Å². The van der Waals surface area contributed by atoms with Crippen LogP contribution < -0.4 is 4.74 Å².